The predicted octanol–water partition coefficient (Wildman–Crippen LogP) is 1.09. The van der Waals surface area contributed by atoms with Gasteiger partial charge in [0.05, 0.1) is 21.9 Å². The standard InChI is InChI=1S/C12H12N2O4S/c1-14-7-6-10(13-14)8-19(17,18)11-4-2-9(3-5-11)12(15)16/h2-7H,8H2,1H3,(H,15,16). The molecule has 0 spiro atoms. The van der Waals surface area contributed by atoms with Crippen LogP contribution in [-0.2, 0) is 22.6 Å². The summed E-state index contributed by atoms with van der Waals surface area (Å²) >= 11 is 0. The van der Waals surface area contributed by atoms with Crippen LogP contribution in [0.15, 0.2) is 41.4 Å². The van der Waals surface area contributed by atoms with Gasteiger partial charge in [-0.1, -0.05) is 0 Å². The van der Waals surface area contributed by atoms with E-state index in [0.29, 0.717) is 5.69 Å². The number of carboxylic acid groups (broad SMARTS) is 1. The number of carboxylic acids is 1. The van der Waals surface area contributed by atoms with E-state index in [1.807, 2.05) is 0 Å². The first-order valence-corrected chi connectivity index (χ1v) is 7.08. The highest BCUT2D eigenvalue weighted by molar-refractivity contribution is 7.90. The molecule has 0 aliphatic heterocycles. The molecule has 0 saturated heterocycles. The summed E-state index contributed by atoms with van der Waals surface area (Å²) in [6.45, 7) is 0. The third-order valence-electron chi connectivity index (χ3n) is 2.57. The normalized spacial score (nSPS) is 11.4. The number of benzene rings is 1. The lowest BCUT2D eigenvalue weighted by Crippen LogP contribution is -2.06. The molecule has 0 amide bonds. The molecular formula is C12H12N2O4S. The number of nitrogens with zero attached hydrogens (tertiary/aromatic N) is 2. The SMILES string of the molecule is Cn1ccc(CS(=O)(=O)c2ccc(C(=O)O)cc2)n1. The second-order valence-corrected chi connectivity index (χ2v) is 6.06. The third-order valence-corrected chi connectivity index (χ3v) is 4.23. The van der Waals surface area contributed by atoms with Crippen LogP contribution < -0.4 is 0 Å². The van der Waals surface area contributed by atoms with Gasteiger partial charge in [-0.05, 0) is 30.3 Å². The minimum Gasteiger partial charge on any atom is -0.478 e. The number of aryl methyl sites for hydroxylation is 1. The van der Waals surface area contributed by atoms with E-state index in [0.717, 1.165) is 0 Å². The van der Waals surface area contributed by atoms with Gasteiger partial charge in [0.15, 0.2) is 9.84 Å². The highest BCUT2D eigenvalue weighted by Crippen LogP contribution is 2.16. The smallest absolute Gasteiger partial charge is 0.335 e. The number of hydrogen-bond donors (Lipinski definition) is 1. The summed E-state index contributed by atoms with van der Waals surface area (Å²) in [5.41, 5.74) is 0.501. The summed E-state index contributed by atoms with van der Waals surface area (Å²) in [4.78, 5) is 10.8. The zero-order chi connectivity index (χ0) is 14.0. The summed E-state index contributed by atoms with van der Waals surface area (Å²) in [6, 6.07) is 6.76. The summed E-state index contributed by atoms with van der Waals surface area (Å²) in [5.74, 6) is -1.30. The number of rotatable bonds is 4. The van der Waals surface area contributed by atoms with Crippen molar-refractivity contribution in [2.24, 2.45) is 7.05 Å². The highest BCUT2D eigenvalue weighted by atomic mass is 32.2. The van der Waals surface area contributed by atoms with E-state index in [1.54, 1.807) is 19.3 Å². The van der Waals surface area contributed by atoms with Crippen molar-refractivity contribution in [3.05, 3.63) is 47.8 Å². The van der Waals surface area contributed by atoms with Gasteiger partial charge < -0.3 is 5.11 Å². The number of aromatic carboxylic acids is 1. The van der Waals surface area contributed by atoms with Crippen molar-refractivity contribution in [1.82, 2.24) is 9.78 Å². The molecule has 2 rings (SSSR count). The molecule has 0 saturated carbocycles. The Bertz CT molecular complexity index is 702. The number of aromatic nitrogens is 2. The predicted molar refractivity (Wildman–Crippen MR) is 67.5 cm³/mol. The van der Waals surface area contributed by atoms with Crippen molar-refractivity contribution in [3.63, 3.8) is 0 Å². The summed E-state index contributed by atoms with van der Waals surface area (Å²) in [7, 11) is -1.81. The van der Waals surface area contributed by atoms with Crippen molar-refractivity contribution in [2.45, 2.75) is 10.6 Å². The van der Waals surface area contributed by atoms with Crippen LogP contribution in [0.25, 0.3) is 0 Å². The van der Waals surface area contributed by atoms with Crippen LogP contribution in [0.5, 0.6) is 0 Å². The largest absolute Gasteiger partial charge is 0.478 e. The molecule has 0 bridgehead atoms. The zero-order valence-corrected chi connectivity index (χ0v) is 11.0. The fraction of sp³-hybridized carbons (Fsp3) is 0.167. The van der Waals surface area contributed by atoms with E-state index >= 15 is 0 Å². The molecule has 100 valence electrons. The van der Waals surface area contributed by atoms with Crippen molar-refractivity contribution >= 4 is 15.8 Å². The molecule has 0 atom stereocenters. The molecule has 0 unspecified atom stereocenters. The Kier molecular flexibility index (Phi) is 3.39. The van der Waals surface area contributed by atoms with Gasteiger partial charge in [0.25, 0.3) is 0 Å². The Morgan fingerprint density at radius 1 is 1.26 bits per heavy atom. The van der Waals surface area contributed by atoms with Crippen LogP contribution in [0.4, 0.5) is 0 Å². The first-order chi connectivity index (χ1) is 8.88. The van der Waals surface area contributed by atoms with Gasteiger partial charge >= 0.3 is 5.97 Å². The lowest BCUT2D eigenvalue weighted by Gasteiger charge is -2.03. The molecule has 0 fully saturated rings. The van der Waals surface area contributed by atoms with Crippen molar-refractivity contribution in [1.29, 1.82) is 0 Å². The monoisotopic (exact) mass is 280 g/mol. The molecule has 7 heteroatoms. The third kappa shape index (κ3) is 3.00. The van der Waals surface area contributed by atoms with E-state index in [2.05, 4.69) is 5.10 Å². The first kappa shape index (κ1) is 13.3. The van der Waals surface area contributed by atoms with Gasteiger partial charge in [-0.2, -0.15) is 5.10 Å². The van der Waals surface area contributed by atoms with Gasteiger partial charge in [-0.15, -0.1) is 0 Å². The second-order valence-electron chi connectivity index (χ2n) is 4.07. The summed E-state index contributed by atoms with van der Waals surface area (Å²) in [6.07, 6.45) is 1.67. The first-order valence-electron chi connectivity index (χ1n) is 5.43. The minimum absolute atomic E-state index is 0.0526. The molecule has 1 aromatic carbocycles. The van der Waals surface area contributed by atoms with Gasteiger partial charge in [-0.3, -0.25) is 4.68 Å². The average Bonchev–Trinajstić information content (AvgIpc) is 2.74. The van der Waals surface area contributed by atoms with Crippen LogP contribution in [-0.4, -0.2) is 29.3 Å². The topological polar surface area (TPSA) is 89.3 Å². The van der Waals surface area contributed by atoms with E-state index in [1.165, 1.54) is 28.9 Å². The quantitative estimate of drug-likeness (QED) is 0.905. The Hall–Kier alpha value is -2.15. The molecule has 1 N–H and O–H groups in total. The maximum Gasteiger partial charge on any atom is 0.335 e. The average molecular weight is 280 g/mol. The fourth-order valence-corrected chi connectivity index (χ4v) is 2.88. The van der Waals surface area contributed by atoms with E-state index in [4.69, 9.17) is 5.11 Å². The van der Waals surface area contributed by atoms with E-state index in [-0.39, 0.29) is 16.2 Å². The molecule has 1 aromatic heterocycles. The van der Waals surface area contributed by atoms with Crippen LogP contribution in [0.1, 0.15) is 16.1 Å². The lowest BCUT2D eigenvalue weighted by atomic mass is 10.2. The molecule has 2 aromatic rings. The van der Waals surface area contributed by atoms with Crippen LogP contribution in [0, 0.1) is 0 Å². The number of hydrogen-bond acceptors (Lipinski definition) is 4. The molecule has 1 heterocycles. The Morgan fingerprint density at radius 3 is 2.37 bits per heavy atom. The molecule has 19 heavy (non-hydrogen) atoms. The maximum absolute atomic E-state index is 12.1. The molecule has 0 aliphatic rings. The highest BCUT2D eigenvalue weighted by Gasteiger charge is 2.17. The molecule has 0 aliphatic carbocycles. The summed E-state index contributed by atoms with van der Waals surface area (Å²) < 4.78 is 25.7. The van der Waals surface area contributed by atoms with Crippen molar-refractivity contribution in [3.8, 4) is 0 Å². The lowest BCUT2D eigenvalue weighted by molar-refractivity contribution is 0.0696. The maximum atomic E-state index is 12.1. The molecular weight excluding hydrogens is 268 g/mol. The van der Waals surface area contributed by atoms with Crippen LogP contribution >= 0.6 is 0 Å². The molecule has 0 radical (unpaired) electrons. The second kappa shape index (κ2) is 4.85. The van der Waals surface area contributed by atoms with Gasteiger partial charge in [-0.25, -0.2) is 13.2 Å². The van der Waals surface area contributed by atoms with Gasteiger partial charge in [0.2, 0.25) is 0 Å². The molecule has 6 nitrogen and oxygen atoms in total. The van der Waals surface area contributed by atoms with E-state index in [9.17, 15) is 13.2 Å². The Labute approximate surface area is 110 Å². The number of carbonyl (C=O) groups is 1. The number of sulfone groups is 1. The Balaban J connectivity index is 2.26. The van der Waals surface area contributed by atoms with Crippen molar-refractivity contribution in [2.75, 3.05) is 0 Å². The van der Waals surface area contributed by atoms with Crippen LogP contribution in [0.2, 0.25) is 0 Å². The Morgan fingerprint density at radius 2 is 1.89 bits per heavy atom. The minimum atomic E-state index is -3.51. The van der Waals surface area contributed by atoms with Gasteiger partial charge in [0.1, 0.15) is 0 Å². The van der Waals surface area contributed by atoms with Crippen LogP contribution in [0.3, 0.4) is 0 Å². The van der Waals surface area contributed by atoms with E-state index < -0.39 is 15.8 Å². The fourth-order valence-electron chi connectivity index (χ4n) is 1.62. The zero-order valence-electron chi connectivity index (χ0n) is 10.1. The van der Waals surface area contributed by atoms with Gasteiger partial charge in [0, 0.05) is 13.2 Å². The summed E-state index contributed by atoms with van der Waals surface area (Å²) in [5, 5.41) is 12.8. The van der Waals surface area contributed by atoms with Crippen molar-refractivity contribution < 1.29 is 18.3 Å².